The fourth-order valence-corrected chi connectivity index (χ4v) is 3.26. The molecule has 2 N–H and O–H groups in total. The minimum Gasteiger partial charge on any atom is -0.480 e. The van der Waals surface area contributed by atoms with Gasteiger partial charge in [-0.3, -0.25) is 0 Å². The van der Waals surface area contributed by atoms with Crippen molar-refractivity contribution in [2.24, 2.45) is 0 Å². The Morgan fingerprint density at radius 1 is 1.14 bits per heavy atom. The summed E-state index contributed by atoms with van der Waals surface area (Å²) in [6.45, 7) is 1.32. The average Bonchev–Trinajstić information content (AvgIpc) is 2.74. The number of amides is 2. The molecule has 2 rings (SSSR count). The van der Waals surface area contributed by atoms with Crippen LogP contribution in [0.4, 0.5) is 4.79 Å². The van der Waals surface area contributed by atoms with Crippen LogP contribution in [-0.4, -0.2) is 53.8 Å². The molecule has 120 valence electrons. The molecule has 0 spiro atoms. The third kappa shape index (κ3) is 3.87. The predicted octanol–water partition coefficient (Wildman–Crippen LogP) is 1.98. The van der Waals surface area contributed by atoms with Crippen molar-refractivity contribution in [3.05, 3.63) is 0 Å². The number of carbonyl (C=O) groups is 2. The zero-order valence-electron chi connectivity index (χ0n) is 12.8. The molecule has 0 bridgehead atoms. The number of ether oxygens (including phenoxy) is 1. The molecular formula is C15H26N2O4. The van der Waals surface area contributed by atoms with Crippen LogP contribution in [-0.2, 0) is 9.53 Å². The summed E-state index contributed by atoms with van der Waals surface area (Å²) in [7, 11) is 1.75. The highest BCUT2D eigenvalue weighted by Gasteiger charge is 2.41. The smallest absolute Gasteiger partial charge is 0.329 e. The number of rotatable bonds is 3. The van der Waals surface area contributed by atoms with Gasteiger partial charge in [0.05, 0.1) is 0 Å². The van der Waals surface area contributed by atoms with E-state index in [4.69, 9.17) is 4.74 Å². The fraction of sp³-hybridized carbons (Fsp3) is 0.867. The van der Waals surface area contributed by atoms with E-state index in [1.54, 1.807) is 11.9 Å². The third-order valence-corrected chi connectivity index (χ3v) is 4.77. The Kier molecular flexibility index (Phi) is 5.45. The lowest BCUT2D eigenvalue weighted by Gasteiger charge is -2.35. The second kappa shape index (κ2) is 7.11. The summed E-state index contributed by atoms with van der Waals surface area (Å²) >= 11 is 0. The van der Waals surface area contributed by atoms with Crippen molar-refractivity contribution in [3.63, 3.8) is 0 Å². The summed E-state index contributed by atoms with van der Waals surface area (Å²) in [5.41, 5.74) is -1.09. The highest BCUT2D eigenvalue weighted by molar-refractivity contribution is 5.86. The zero-order valence-corrected chi connectivity index (χ0v) is 12.8. The highest BCUT2D eigenvalue weighted by atomic mass is 16.5. The minimum absolute atomic E-state index is 0.135. The summed E-state index contributed by atoms with van der Waals surface area (Å²) in [6.07, 6.45) is 6.46. The molecule has 2 fully saturated rings. The first-order valence-electron chi connectivity index (χ1n) is 7.91. The van der Waals surface area contributed by atoms with Crippen molar-refractivity contribution in [2.45, 2.75) is 62.9 Å². The molecular weight excluding hydrogens is 272 g/mol. The number of nitrogens with zero attached hydrogens (tertiary/aromatic N) is 1. The topological polar surface area (TPSA) is 78.9 Å². The Balaban J connectivity index is 2.01. The van der Waals surface area contributed by atoms with E-state index < -0.39 is 11.5 Å². The van der Waals surface area contributed by atoms with Crippen LogP contribution in [0.2, 0.25) is 0 Å². The van der Waals surface area contributed by atoms with Crippen molar-refractivity contribution >= 4 is 12.0 Å². The van der Waals surface area contributed by atoms with Gasteiger partial charge in [-0.1, -0.05) is 25.7 Å². The molecule has 0 aromatic heterocycles. The van der Waals surface area contributed by atoms with E-state index in [1.807, 2.05) is 0 Å². The molecule has 6 heteroatoms. The lowest BCUT2D eigenvalue weighted by molar-refractivity contribution is -0.145. The molecule has 1 heterocycles. The standard InChI is InChI=1S/C15H26N2O4/c1-17(12-6-10-21-11-7-12)14(20)16-15(13(18)19)8-4-2-3-5-9-15/h12H,2-11H2,1H3,(H,16,20)(H,18,19). The third-order valence-electron chi connectivity index (χ3n) is 4.77. The summed E-state index contributed by atoms with van der Waals surface area (Å²) in [4.78, 5) is 25.8. The van der Waals surface area contributed by atoms with Crippen LogP contribution < -0.4 is 5.32 Å². The van der Waals surface area contributed by atoms with Gasteiger partial charge in [-0.25, -0.2) is 9.59 Å². The van der Waals surface area contributed by atoms with Gasteiger partial charge in [-0.2, -0.15) is 0 Å². The largest absolute Gasteiger partial charge is 0.480 e. The van der Waals surface area contributed by atoms with Gasteiger partial charge in [0.15, 0.2) is 0 Å². The van der Waals surface area contributed by atoms with Crippen molar-refractivity contribution in [1.29, 1.82) is 0 Å². The molecule has 0 unspecified atom stereocenters. The van der Waals surface area contributed by atoms with Gasteiger partial charge in [0.1, 0.15) is 5.54 Å². The molecule has 0 atom stereocenters. The van der Waals surface area contributed by atoms with E-state index in [-0.39, 0.29) is 12.1 Å². The normalized spacial score (nSPS) is 23.1. The second-order valence-corrected chi connectivity index (χ2v) is 6.19. The van der Waals surface area contributed by atoms with Gasteiger partial charge >= 0.3 is 12.0 Å². The maximum atomic E-state index is 12.4. The molecule has 2 aliphatic rings. The van der Waals surface area contributed by atoms with E-state index in [2.05, 4.69) is 5.32 Å². The van der Waals surface area contributed by atoms with Gasteiger partial charge in [0, 0.05) is 26.3 Å². The zero-order chi connectivity index (χ0) is 15.3. The SMILES string of the molecule is CN(C(=O)NC1(C(=O)O)CCCCCC1)C1CCOCC1. The van der Waals surface area contributed by atoms with Gasteiger partial charge in [0.25, 0.3) is 0 Å². The Morgan fingerprint density at radius 2 is 1.71 bits per heavy atom. The Labute approximate surface area is 125 Å². The van der Waals surface area contributed by atoms with E-state index in [9.17, 15) is 14.7 Å². The van der Waals surface area contributed by atoms with E-state index in [0.29, 0.717) is 26.1 Å². The van der Waals surface area contributed by atoms with E-state index >= 15 is 0 Å². The molecule has 6 nitrogen and oxygen atoms in total. The molecule has 0 aromatic rings. The maximum absolute atomic E-state index is 12.4. The van der Waals surface area contributed by atoms with Crippen LogP contribution in [0.1, 0.15) is 51.4 Å². The van der Waals surface area contributed by atoms with E-state index in [0.717, 1.165) is 38.5 Å². The molecule has 0 aromatic carbocycles. The average molecular weight is 298 g/mol. The lowest BCUT2D eigenvalue weighted by Crippen LogP contribution is -2.58. The number of carbonyl (C=O) groups excluding carboxylic acids is 1. The van der Waals surface area contributed by atoms with Crippen LogP contribution in [0, 0.1) is 0 Å². The number of aliphatic carboxylic acids is 1. The highest BCUT2D eigenvalue weighted by Crippen LogP contribution is 2.28. The maximum Gasteiger partial charge on any atom is 0.329 e. The molecule has 2 amide bonds. The van der Waals surface area contributed by atoms with Crippen molar-refractivity contribution in [1.82, 2.24) is 10.2 Å². The molecule has 0 radical (unpaired) electrons. The first-order chi connectivity index (χ1) is 10.1. The minimum atomic E-state index is -1.09. The quantitative estimate of drug-likeness (QED) is 0.781. The van der Waals surface area contributed by atoms with Crippen LogP contribution >= 0.6 is 0 Å². The second-order valence-electron chi connectivity index (χ2n) is 6.19. The summed E-state index contributed by atoms with van der Waals surface area (Å²) < 4.78 is 5.30. The van der Waals surface area contributed by atoms with Crippen LogP contribution in [0.25, 0.3) is 0 Å². The van der Waals surface area contributed by atoms with Gasteiger partial charge < -0.3 is 20.1 Å². The molecule has 21 heavy (non-hydrogen) atoms. The molecule has 1 aliphatic heterocycles. The molecule has 1 aliphatic carbocycles. The fourth-order valence-electron chi connectivity index (χ4n) is 3.26. The Bertz CT molecular complexity index is 372. The Hall–Kier alpha value is -1.30. The Morgan fingerprint density at radius 3 is 2.24 bits per heavy atom. The number of nitrogens with one attached hydrogen (secondary N) is 1. The van der Waals surface area contributed by atoms with Gasteiger partial charge in [-0.15, -0.1) is 0 Å². The van der Waals surface area contributed by atoms with Gasteiger partial charge in [0.2, 0.25) is 0 Å². The predicted molar refractivity (Wildman–Crippen MR) is 78.2 cm³/mol. The van der Waals surface area contributed by atoms with Crippen LogP contribution in [0.5, 0.6) is 0 Å². The summed E-state index contributed by atoms with van der Waals surface area (Å²) in [5, 5.41) is 12.4. The number of hydrogen-bond acceptors (Lipinski definition) is 3. The lowest BCUT2D eigenvalue weighted by atomic mass is 9.90. The first kappa shape index (κ1) is 16.1. The van der Waals surface area contributed by atoms with E-state index in [1.165, 1.54) is 0 Å². The van der Waals surface area contributed by atoms with Crippen LogP contribution in [0.15, 0.2) is 0 Å². The number of carboxylic acid groups (broad SMARTS) is 1. The number of urea groups is 1. The first-order valence-corrected chi connectivity index (χ1v) is 7.91. The van der Waals surface area contributed by atoms with Crippen molar-refractivity contribution in [3.8, 4) is 0 Å². The van der Waals surface area contributed by atoms with Crippen molar-refractivity contribution < 1.29 is 19.4 Å². The summed E-state index contributed by atoms with van der Waals surface area (Å²) in [5.74, 6) is -0.905. The van der Waals surface area contributed by atoms with Crippen molar-refractivity contribution in [2.75, 3.05) is 20.3 Å². The molecule has 1 saturated heterocycles. The number of carboxylic acids is 1. The summed E-state index contributed by atoms with van der Waals surface area (Å²) in [6, 6.07) is -0.137. The number of hydrogen-bond donors (Lipinski definition) is 2. The van der Waals surface area contributed by atoms with Gasteiger partial charge in [-0.05, 0) is 25.7 Å². The monoisotopic (exact) mass is 298 g/mol. The molecule has 1 saturated carbocycles. The van der Waals surface area contributed by atoms with Crippen LogP contribution in [0.3, 0.4) is 0 Å².